The number of urea groups is 1. The Morgan fingerprint density at radius 3 is 2.15 bits per heavy atom. The molecule has 2 aromatic carbocycles. The van der Waals surface area contributed by atoms with Crippen LogP contribution in [0, 0.1) is 0 Å². The zero-order chi connectivity index (χ0) is 18.9. The van der Waals surface area contributed by atoms with Gasteiger partial charge in [0.15, 0.2) is 0 Å². The molecule has 0 bridgehead atoms. The fourth-order valence-electron chi connectivity index (χ4n) is 3.48. The van der Waals surface area contributed by atoms with Gasteiger partial charge in [-0.3, -0.25) is 5.01 Å². The van der Waals surface area contributed by atoms with Crippen LogP contribution >= 0.6 is 0 Å². The molecule has 1 aliphatic heterocycles. The number of carbonyl (C=O) groups excluding carboxylic acids is 1. The van der Waals surface area contributed by atoms with E-state index >= 15 is 0 Å². The second kappa shape index (κ2) is 10.1. The Kier molecular flexibility index (Phi) is 7.25. The zero-order valence-electron chi connectivity index (χ0n) is 15.8. The highest BCUT2D eigenvalue weighted by Crippen LogP contribution is 2.15. The maximum atomic E-state index is 13.1. The van der Waals surface area contributed by atoms with Gasteiger partial charge in [-0.2, -0.15) is 0 Å². The lowest BCUT2D eigenvalue weighted by Gasteiger charge is -2.38. The summed E-state index contributed by atoms with van der Waals surface area (Å²) in [6, 6.07) is 19.5. The van der Waals surface area contributed by atoms with Crippen LogP contribution < -0.4 is 5.32 Å². The van der Waals surface area contributed by atoms with Crippen molar-refractivity contribution in [2.24, 2.45) is 0 Å². The first-order chi connectivity index (χ1) is 13.3. The molecule has 0 radical (unpaired) electrons. The number of hydrazine groups is 1. The highest BCUT2D eigenvalue weighted by atomic mass is 16.3. The minimum Gasteiger partial charge on any atom is -0.394 e. The number of nitrogens with zero attached hydrogens (tertiary/aromatic N) is 2. The number of piperidine rings is 1. The van der Waals surface area contributed by atoms with Crippen molar-refractivity contribution in [3.8, 4) is 0 Å². The summed E-state index contributed by atoms with van der Waals surface area (Å²) in [7, 11) is 0. The first-order valence-electron chi connectivity index (χ1n) is 9.78. The number of aliphatic hydroxyl groups excluding tert-OH is 1. The predicted octanol–water partition coefficient (Wildman–Crippen LogP) is 3.20. The van der Waals surface area contributed by atoms with Crippen molar-refractivity contribution >= 4 is 6.03 Å². The molecule has 2 aromatic rings. The molecule has 1 heterocycles. The number of hydrogen-bond acceptors (Lipinski definition) is 3. The number of rotatable bonds is 7. The van der Waals surface area contributed by atoms with E-state index in [1.165, 1.54) is 6.42 Å². The number of nitrogens with one attached hydrogen (secondary N) is 1. The lowest BCUT2D eigenvalue weighted by Crippen LogP contribution is -2.54. The smallest absolute Gasteiger partial charge is 0.332 e. The van der Waals surface area contributed by atoms with E-state index in [2.05, 4.69) is 10.3 Å². The van der Waals surface area contributed by atoms with E-state index in [1.54, 1.807) is 0 Å². The molecule has 5 nitrogen and oxygen atoms in total. The van der Waals surface area contributed by atoms with Crippen molar-refractivity contribution in [2.45, 2.75) is 38.3 Å². The van der Waals surface area contributed by atoms with Gasteiger partial charge >= 0.3 is 6.03 Å². The van der Waals surface area contributed by atoms with Crippen LogP contribution in [0.4, 0.5) is 4.79 Å². The van der Waals surface area contributed by atoms with Gasteiger partial charge in [0, 0.05) is 13.1 Å². The van der Waals surface area contributed by atoms with Gasteiger partial charge in [-0.25, -0.2) is 9.80 Å². The fourth-order valence-corrected chi connectivity index (χ4v) is 3.48. The quantitative estimate of drug-likeness (QED) is 0.790. The van der Waals surface area contributed by atoms with Crippen LogP contribution in [0.2, 0.25) is 0 Å². The van der Waals surface area contributed by atoms with E-state index in [0.717, 1.165) is 37.1 Å². The van der Waals surface area contributed by atoms with Gasteiger partial charge < -0.3 is 10.4 Å². The van der Waals surface area contributed by atoms with Crippen molar-refractivity contribution in [1.29, 1.82) is 0 Å². The fraction of sp³-hybridized carbons (Fsp3) is 0.409. The molecule has 0 unspecified atom stereocenters. The predicted molar refractivity (Wildman–Crippen MR) is 107 cm³/mol. The highest BCUT2D eigenvalue weighted by Gasteiger charge is 2.25. The molecule has 144 valence electrons. The molecule has 1 fully saturated rings. The SMILES string of the molecule is O=C(N[C@H](CO)Cc1ccccc1)N(Cc1ccccc1)N1CCCCC1. The van der Waals surface area contributed by atoms with E-state index in [9.17, 15) is 9.90 Å². The topological polar surface area (TPSA) is 55.8 Å². The minimum atomic E-state index is -0.303. The number of benzene rings is 2. The van der Waals surface area contributed by atoms with E-state index in [1.807, 2.05) is 65.7 Å². The van der Waals surface area contributed by atoms with Gasteiger partial charge in [-0.15, -0.1) is 0 Å². The third-order valence-electron chi connectivity index (χ3n) is 4.96. The molecule has 0 aromatic heterocycles. The summed E-state index contributed by atoms with van der Waals surface area (Å²) in [6.07, 6.45) is 4.03. The lowest BCUT2D eigenvalue weighted by atomic mass is 10.1. The minimum absolute atomic E-state index is 0.0835. The first kappa shape index (κ1) is 19.4. The van der Waals surface area contributed by atoms with Crippen molar-refractivity contribution in [3.63, 3.8) is 0 Å². The van der Waals surface area contributed by atoms with Gasteiger partial charge in [0.1, 0.15) is 0 Å². The monoisotopic (exact) mass is 367 g/mol. The third kappa shape index (κ3) is 5.81. The van der Waals surface area contributed by atoms with Crippen LogP contribution in [0.15, 0.2) is 60.7 Å². The van der Waals surface area contributed by atoms with Gasteiger partial charge in [-0.1, -0.05) is 67.1 Å². The third-order valence-corrected chi connectivity index (χ3v) is 4.96. The van der Waals surface area contributed by atoms with Crippen LogP contribution in [0.5, 0.6) is 0 Å². The second-order valence-electron chi connectivity index (χ2n) is 7.08. The molecule has 27 heavy (non-hydrogen) atoms. The van der Waals surface area contributed by atoms with E-state index in [0.29, 0.717) is 13.0 Å². The zero-order valence-corrected chi connectivity index (χ0v) is 15.8. The van der Waals surface area contributed by atoms with Gasteiger partial charge in [0.2, 0.25) is 0 Å². The molecule has 2 amide bonds. The Bertz CT molecular complexity index is 687. The van der Waals surface area contributed by atoms with Gasteiger partial charge in [-0.05, 0) is 30.4 Å². The maximum Gasteiger partial charge on any atom is 0.332 e. The average molecular weight is 367 g/mol. The number of aliphatic hydroxyl groups is 1. The maximum absolute atomic E-state index is 13.1. The van der Waals surface area contributed by atoms with E-state index < -0.39 is 0 Å². The number of amides is 2. The molecule has 1 atom stereocenters. The largest absolute Gasteiger partial charge is 0.394 e. The standard InChI is InChI=1S/C22H29N3O2/c26-18-21(16-19-10-4-1-5-11-19)23-22(27)25(24-14-8-3-9-15-24)17-20-12-6-2-7-13-20/h1-2,4-7,10-13,21,26H,3,8-9,14-18H2,(H,23,27)/t21-/m0/s1. The van der Waals surface area contributed by atoms with Crippen LogP contribution in [0.1, 0.15) is 30.4 Å². The second-order valence-corrected chi connectivity index (χ2v) is 7.08. The summed E-state index contributed by atoms with van der Waals surface area (Å²) in [5, 5.41) is 16.7. The van der Waals surface area contributed by atoms with Crippen LogP contribution in [0.3, 0.4) is 0 Å². The number of hydrogen-bond donors (Lipinski definition) is 2. The van der Waals surface area contributed by atoms with E-state index in [4.69, 9.17) is 0 Å². The Morgan fingerprint density at radius 2 is 1.56 bits per heavy atom. The summed E-state index contributed by atoms with van der Waals surface area (Å²) < 4.78 is 0. The molecular weight excluding hydrogens is 338 g/mol. The molecule has 0 saturated carbocycles. The number of carbonyl (C=O) groups is 1. The van der Waals surface area contributed by atoms with Crippen molar-refractivity contribution < 1.29 is 9.90 Å². The summed E-state index contributed by atoms with van der Waals surface area (Å²) in [5.74, 6) is 0. The van der Waals surface area contributed by atoms with Crippen molar-refractivity contribution in [2.75, 3.05) is 19.7 Å². The molecule has 0 aliphatic carbocycles. The molecule has 3 rings (SSSR count). The molecule has 0 spiro atoms. The summed E-state index contributed by atoms with van der Waals surface area (Å²) in [5.41, 5.74) is 2.20. The molecule has 5 heteroatoms. The Balaban J connectivity index is 1.68. The Labute approximate surface area is 161 Å². The van der Waals surface area contributed by atoms with Crippen molar-refractivity contribution in [1.82, 2.24) is 15.3 Å². The summed E-state index contributed by atoms with van der Waals surface area (Å²) in [4.78, 5) is 13.1. The van der Waals surface area contributed by atoms with Crippen LogP contribution in [-0.2, 0) is 13.0 Å². The molecular formula is C22H29N3O2. The average Bonchev–Trinajstić information content (AvgIpc) is 2.73. The molecule has 1 aliphatic rings. The van der Waals surface area contributed by atoms with Gasteiger partial charge in [0.05, 0.1) is 19.2 Å². The normalized spacial score (nSPS) is 15.9. The van der Waals surface area contributed by atoms with E-state index in [-0.39, 0.29) is 18.7 Å². The van der Waals surface area contributed by atoms with Gasteiger partial charge in [0.25, 0.3) is 0 Å². The first-order valence-corrected chi connectivity index (χ1v) is 9.78. The molecule has 2 N–H and O–H groups in total. The lowest BCUT2D eigenvalue weighted by molar-refractivity contribution is -0.00986. The highest BCUT2D eigenvalue weighted by molar-refractivity contribution is 5.74. The van der Waals surface area contributed by atoms with Crippen molar-refractivity contribution in [3.05, 3.63) is 71.8 Å². The van der Waals surface area contributed by atoms with Crippen LogP contribution in [0.25, 0.3) is 0 Å². The molecule has 1 saturated heterocycles. The summed E-state index contributed by atoms with van der Waals surface area (Å²) in [6.45, 7) is 2.24. The Hall–Kier alpha value is -2.37. The van der Waals surface area contributed by atoms with Crippen LogP contribution in [-0.4, -0.2) is 46.9 Å². The Morgan fingerprint density at radius 1 is 0.963 bits per heavy atom. The summed E-state index contributed by atoms with van der Waals surface area (Å²) >= 11 is 0.